The number of rotatable bonds is 4. The maximum absolute atomic E-state index is 12.2. The van der Waals surface area contributed by atoms with Gasteiger partial charge in [-0.1, -0.05) is 41.5 Å². The van der Waals surface area contributed by atoms with Crippen LogP contribution in [0, 0.1) is 5.92 Å². The predicted octanol–water partition coefficient (Wildman–Crippen LogP) is 4.06. The Morgan fingerprint density at radius 1 is 1.32 bits per heavy atom. The first kappa shape index (κ1) is 14.4. The van der Waals surface area contributed by atoms with Crippen LogP contribution in [0.4, 0.5) is 0 Å². The third kappa shape index (κ3) is 2.76. The largest absolute Gasteiger partial charge is 0.336 e. The lowest BCUT2D eigenvalue weighted by atomic mass is 10.0. The Labute approximate surface area is 129 Å². The number of likely N-dealkylation sites (tertiary alicyclic amines) is 1. The Hall–Kier alpha value is -2.52. The van der Waals surface area contributed by atoms with Crippen LogP contribution in [-0.4, -0.2) is 23.9 Å². The molecule has 5 nitrogen and oxygen atoms in total. The number of nitrogens with zero attached hydrogens (tertiary/aromatic N) is 4. The maximum atomic E-state index is 12.2. The van der Waals surface area contributed by atoms with E-state index < -0.39 is 0 Å². The average molecular weight is 294 g/mol. The molecule has 3 rings (SSSR count). The van der Waals surface area contributed by atoms with Gasteiger partial charge in [-0.05, 0) is 40.8 Å². The highest BCUT2D eigenvalue weighted by Gasteiger charge is 2.32. The third-order valence-corrected chi connectivity index (χ3v) is 4.37. The average Bonchev–Trinajstić information content (AvgIpc) is 2.92. The summed E-state index contributed by atoms with van der Waals surface area (Å²) in [4.78, 5) is 16.9. The van der Waals surface area contributed by atoms with E-state index >= 15 is 0 Å². The van der Waals surface area contributed by atoms with Gasteiger partial charge in [0.2, 0.25) is 5.91 Å². The molecule has 1 aliphatic heterocycles. The Bertz CT molecular complexity index is 751. The predicted molar refractivity (Wildman–Crippen MR) is 86.2 cm³/mol. The van der Waals surface area contributed by atoms with Crippen LogP contribution in [0.2, 0.25) is 0 Å². The molecule has 2 atom stereocenters. The van der Waals surface area contributed by atoms with Crippen LogP contribution in [0.25, 0.3) is 21.2 Å². The standard InChI is InChI=1S/C17H18N4O/c1-12(21-11-13(8-17(21)22)10-19-20-18)15-7-6-14-4-2-3-5-16(14)9-15/h2-7,9,12-13H,8,10-11H2,1H3. The highest BCUT2D eigenvalue weighted by Crippen LogP contribution is 2.30. The van der Waals surface area contributed by atoms with E-state index in [4.69, 9.17) is 5.53 Å². The fourth-order valence-electron chi connectivity index (χ4n) is 3.10. The van der Waals surface area contributed by atoms with E-state index in [2.05, 4.69) is 47.3 Å². The second-order valence-electron chi connectivity index (χ2n) is 5.81. The van der Waals surface area contributed by atoms with Gasteiger partial charge in [-0.2, -0.15) is 0 Å². The van der Waals surface area contributed by atoms with Crippen molar-refractivity contribution in [2.45, 2.75) is 19.4 Å². The molecule has 0 radical (unpaired) electrons. The first-order valence-electron chi connectivity index (χ1n) is 7.48. The Kier molecular flexibility index (Phi) is 3.98. The summed E-state index contributed by atoms with van der Waals surface area (Å²) in [7, 11) is 0. The summed E-state index contributed by atoms with van der Waals surface area (Å²) < 4.78 is 0. The molecule has 22 heavy (non-hydrogen) atoms. The van der Waals surface area contributed by atoms with E-state index in [1.807, 2.05) is 17.0 Å². The van der Waals surface area contributed by atoms with Crippen molar-refractivity contribution in [1.82, 2.24) is 4.90 Å². The van der Waals surface area contributed by atoms with Gasteiger partial charge in [-0.3, -0.25) is 4.79 Å². The number of fused-ring (bicyclic) bond motifs is 1. The third-order valence-electron chi connectivity index (χ3n) is 4.37. The van der Waals surface area contributed by atoms with Crippen molar-refractivity contribution in [3.8, 4) is 0 Å². The van der Waals surface area contributed by atoms with Crippen LogP contribution in [0.5, 0.6) is 0 Å². The summed E-state index contributed by atoms with van der Waals surface area (Å²) in [5, 5.41) is 5.98. The van der Waals surface area contributed by atoms with Crippen LogP contribution >= 0.6 is 0 Å². The second-order valence-corrected chi connectivity index (χ2v) is 5.81. The van der Waals surface area contributed by atoms with Gasteiger partial charge in [0.25, 0.3) is 0 Å². The van der Waals surface area contributed by atoms with E-state index in [1.165, 1.54) is 10.8 Å². The molecule has 0 saturated carbocycles. The highest BCUT2D eigenvalue weighted by molar-refractivity contribution is 5.83. The SMILES string of the molecule is CC(c1ccc2ccccc2c1)N1CC(CN=[N+]=[N-])CC1=O. The van der Waals surface area contributed by atoms with E-state index in [0.29, 0.717) is 19.5 Å². The van der Waals surface area contributed by atoms with Crippen LogP contribution in [0.15, 0.2) is 47.6 Å². The summed E-state index contributed by atoms with van der Waals surface area (Å²) in [6, 6.07) is 14.6. The zero-order valence-electron chi connectivity index (χ0n) is 12.5. The van der Waals surface area contributed by atoms with Crippen molar-refractivity contribution in [1.29, 1.82) is 0 Å². The fourth-order valence-corrected chi connectivity index (χ4v) is 3.10. The molecule has 0 aliphatic carbocycles. The first-order chi connectivity index (χ1) is 10.7. The molecule has 0 N–H and O–H groups in total. The molecule has 2 aromatic rings. The number of hydrogen-bond donors (Lipinski definition) is 0. The molecule has 1 amide bonds. The van der Waals surface area contributed by atoms with Crippen LogP contribution in [0.1, 0.15) is 24.9 Å². The van der Waals surface area contributed by atoms with Crippen molar-refractivity contribution in [3.63, 3.8) is 0 Å². The number of carbonyl (C=O) groups excluding carboxylic acids is 1. The Balaban J connectivity index is 1.81. The molecule has 1 saturated heterocycles. The number of benzene rings is 2. The molecular formula is C17H18N4O. The Morgan fingerprint density at radius 2 is 2.09 bits per heavy atom. The van der Waals surface area contributed by atoms with Crippen LogP contribution in [-0.2, 0) is 4.79 Å². The molecule has 0 aromatic heterocycles. The van der Waals surface area contributed by atoms with Crippen molar-refractivity contribution in [2.75, 3.05) is 13.1 Å². The molecule has 1 heterocycles. The smallest absolute Gasteiger partial charge is 0.223 e. The van der Waals surface area contributed by atoms with E-state index in [0.717, 1.165) is 5.56 Å². The van der Waals surface area contributed by atoms with Crippen LogP contribution in [0.3, 0.4) is 0 Å². The molecular weight excluding hydrogens is 276 g/mol. The summed E-state index contributed by atoms with van der Waals surface area (Å²) in [5.74, 6) is 0.269. The lowest BCUT2D eigenvalue weighted by molar-refractivity contribution is -0.129. The molecule has 1 fully saturated rings. The van der Waals surface area contributed by atoms with Gasteiger partial charge >= 0.3 is 0 Å². The van der Waals surface area contributed by atoms with Gasteiger partial charge in [-0.15, -0.1) is 0 Å². The number of amides is 1. The zero-order valence-corrected chi connectivity index (χ0v) is 12.5. The van der Waals surface area contributed by atoms with E-state index in [1.54, 1.807) is 0 Å². The van der Waals surface area contributed by atoms with Gasteiger partial charge in [-0.25, -0.2) is 0 Å². The van der Waals surface area contributed by atoms with Gasteiger partial charge in [0.15, 0.2) is 0 Å². The highest BCUT2D eigenvalue weighted by atomic mass is 16.2. The molecule has 112 valence electrons. The van der Waals surface area contributed by atoms with Crippen molar-refractivity contribution >= 4 is 16.7 Å². The monoisotopic (exact) mass is 294 g/mol. The lowest BCUT2D eigenvalue weighted by Crippen LogP contribution is -2.28. The normalized spacial score (nSPS) is 19.2. The number of azide groups is 1. The van der Waals surface area contributed by atoms with E-state index in [-0.39, 0.29) is 17.9 Å². The van der Waals surface area contributed by atoms with Gasteiger partial charge in [0, 0.05) is 24.4 Å². The minimum atomic E-state index is 0.0353. The zero-order chi connectivity index (χ0) is 15.5. The number of hydrogen-bond acceptors (Lipinski definition) is 2. The molecule has 2 aromatic carbocycles. The van der Waals surface area contributed by atoms with Gasteiger partial charge in [0.05, 0.1) is 6.04 Å². The number of carbonyl (C=O) groups is 1. The minimum Gasteiger partial charge on any atom is -0.336 e. The molecule has 2 unspecified atom stereocenters. The Morgan fingerprint density at radius 3 is 2.86 bits per heavy atom. The van der Waals surface area contributed by atoms with Gasteiger partial charge < -0.3 is 4.90 Å². The lowest BCUT2D eigenvalue weighted by Gasteiger charge is -2.25. The summed E-state index contributed by atoms with van der Waals surface area (Å²) in [6.07, 6.45) is 0.469. The van der Waals surface area contributed by atoms with Crippen molar-refractivity contribution in [2.24, 2.45) is 11.0 Å². The summed E-state index contributed by atoms with van der Waals surface area (Å²) >= 11 is 0. The quantitative estimate of drug-likeness (QED) is 0.476. The second kappa shape index (κ2) is 6.08. The van der Waals surface area contributed by atoms with Crippen LogP contribution < -0.4 is 0 Å². The summed E-state index contributed by atoms with van der Waals surface area (Å²) in [6.45, 7) is 3.10. The minimum absolute atomic E-state index is 0.0353. The molecule has 0 bridgehead atoms. The molecule has 5 heteroatoms. The fraction of sp³-hybridized carbons (Fsp3) is 0.353. The molecule has 1 aliphatic rings. The molecule has 0 spiro atoms. The van der Waals surface area contributed by atoms with E-state index in [9.17, 15) is 4.79 Å². The van der Waals surface area contributed by atoms with Crippen molar-refractivity contribution < 1.29 is 4.79 Å². The first-order valence-corrected chi connectivity index (χ1v) is 7.48. The maximum Gasteiger partial charge on any atom is 0.223 e. The summed E-state index contributed by atoms with van der Waals surface area (Å²) in [5.41, 5.74) is 9.54. The van der Waals surface area contributed by atoms with Gasteiger partial charge in [0.1, 0.15) is 0 Å². The topological polar surface area (TPSA) is 69.1 Å². The van der Waals surface area contributed by atoms with Crippen molar-refractivity contribution in [3.05, 3.63) is 58.5 Å².